The van der Waals surface area contributed by atoms with Crippen LogP contribution in [-0.2, 0) is 6.42 Å². The summed E-state index contributed by atoms with van der Waals surface area (Å²) in [5.74, 6) is 6.76. The van der Waals surface area contributed by atoms with Crippen LogP contribution in [0.4, 0.5) is 0 Å². The van der Waals surface area contributed by atoms with Gasteiger partial charge in [-0.2, -0.15) is 0 Å². The smallest absolute Gasteiger partial charge is 0.0542 e. The zero-order valence-electron chi connectivity index (χ0n) is 26.0. The van der Waals surface area contributed by atoms with Crippen LogP contribution in [0.25, 0.3) is 40.3 Å². The summed E-state index contributed by atoms with van der Waals surface area (Å²) in [7, 11) is 0. The van der Waals surface area contributed by atoms with Gasteiger partial charge in [0.15, 0.2) is 0 Å². The normalized spacial score (nSPS) is 11.8. The fourth-order valence-electron chi connectivity index (χ4n) is 6.06. The Hall–Kier alpha value is -3.45. The molecular weight excluding hydrogens is 571 g/mol. The van der Waals surface area contributed by atoms with Gasteiger partial charge >= 0.3 is 0 Å². The Balaban J connectivity index is 0.995. The predicted octanol–water partition coefficient (Wildman–Crippen LogP) is 13.0. The van der Waals surface area contributed by atoms with E-state index in [1.165, 1.54) is 124 Å². The number of fused-ring (bicyclic) bond motifs is 6. The van der Waals surface area contributed by atoms with Crippen LogP contribution in [0.15, 0.2) is 85.2 Å². The molecule has 3 aromatic heterocycles. The first-order valence-corrected chi connectivity index (χ1v) is 18.3. The van der Waals surface area contributed by atoms with Gasteiger partial charge in [-0.3, -0.25) is 4.98 Å². The molecule has 0 aliphatic rings. The van der Waals surface area contributed by atoms with Gasteiger partial charge in [0.1, 0.15) is 0 Å². The first kappa shape index (κ1) is 30.6. The maximum absolute atomic E-state index is 4.20. The zero-order chi connectivity index (χ0) is 30.0. The Kier molecular flexibility index (Phi) is 10.8. The van der Waals surface area contributed by atoms with Crippen molar-refractivity contribution in [2.75, 3.05) is 0 Å². The minimum absolute atomic E-state index is 1.03. The highest BCUT2D eigenvalue weighted by molar-refractivity contribution is 7.36. The van der Waals surface area contributed by atoms with Gasteiger partial charge in [0.2, 0.25) is 0 Å². The standard InChI is InChI=1S/C41H43NS2/c1-2-3-4-5-6-7-8-9-10-11-12-13-14-15-16-31-20-23-36-38(28-31)43-41-37-24-21-33(29-39(37)44-40(36)41)18-17-32-19-22-35-30-42-26-25-34(35)27-32/h7-8,19-30H,2-6,9-16H2,1H3/b8-7-. The van der Waals surface area contributed by atoms with Gasteiger partial charge in [-0.15, -0.1) is 22.7 Å². The minimum atomic E-state index is 1.03. The van der Waals surface area contributed by atoms with Crippen molar-refractivity contribution in [2.45, 2.75) is 90.4 Å². The molecule has 0 bridgehead atoms. The van der Waals surface area contributed by atoms with E-state index in [1.54, 1.807) is 0 Å². The largest absolute Gasteiger partial charge is 0.264 e. The van der Waals surface area contributed by atoms with Gasteiger partial charge in [0.25, 0.3) is 0 Å². The van der Waals surface area contributed by atoms with Crippen molar-refractivity contribution < 1.29 is 0 Å². The van der Waals surface area contributed by atoms with E-state index in [9.17, 15) is 0 Å². The lowest BCUT2D eigenvalue weighted by Gasteiger charge is -2.03. The molecule has 0 saturated heterocycles. The number of thiophene rings is 2. The number of nitrogens with zero attached hydrogens (tertiary/aromatic N) is 1. The molecule has 0 saturated carbocycles. The molecule has 0 fully saturated rings. The molecule has 6 aromatic rings. The second-order valence-corrected chi connectivity index (χ2v) is 14.2. The Morgan fingerprint density at radius 2 is 1.25 bits per heavy atom. The Morgan fingerprint density at radius 3 is 2.02 bits per heavy atom. The molecular formula is C41H43NS2. The van der Waals surface area contributed by atoms with Crippen LogP contribution in [-0.4, -0.2) is 4.98 Å². The molecule has 6 rings (SSSR count). The molecule has 0 aliphatic carbocycles. The summed E-state index contributed by atoms with van der Waals surface area (Å²) in [6.45, 7) is 2.28. The Morgan fingerprint density at radius 1 is 0.614 bits per heavy atom. The highest BCUT2D eigenvalue weighted by atomic mass is 32.1. The van der Waals surface area contributed by atoms with Gasteiger partial charge in [-0.1, -0.05) is 100 Å². The number of benzene rings is 3. The molecule has 0 N–H and O–H groups in total. The number of unbranched alkanes of at least 4 members (excludes halogenated alkanes) is 10. The lowest BCUT2D eigenvalue weighted by atomic mass is 10.0. The van der Waals surface area contributed by atoms with Gasteiger partial charge in [-0.05, 0) is 85.9 Å². The van der Waals surface area contributed by atoms with Crippen LogP contribution in [0, 0.1) is 11.8 Å². The van der Waals surface area contributed by atoms with Crippen LogP contribution < -0.4 is 0 Å². The van der Waals surface area contributed by atoms with Crippen LogP contribution in [0.3, 0.4) is 0 Å². The molecule has 0 atom stereocenters. The maximum Gasteiger partial charge on any atom is 0.0542 e. The van der Waals surface area contributed by atoms with E-state index in [-0.39, 0.29) is 0 Å². The summed E-state index contributed by atoms with van der Waals surface area (Å²) in [6.07, 6.45) is 25.9. The second kappa shape index (κ2) is 15.5. The average molecular weight is 614 g/mol. The molecule has 44 heavy (non-hydrogen) atoms. The van der Waals surface area contributed by atoms with E-state index >= 15 is 0 Å². The van der Waals surface area contributed by atoms with E-state index in [0.717, 1.165) is 16.5 Å². The van der Waals surface area contributed by atoms with Crippen LogP contribution in [0.1, 0.15) is 101 Å². The van der Waals surface area contributed by atoms with Gasteiger partial charge < -0.3 is 0 Å². The number of allylic oxidation sites excluding steroid dienone is 2. The number of hydrogen-bond donors (Lipinski definition) is 0. The second-order valence-electron chi connectivity index (χ2n) is 12.1. The van der Waals surface area contributed by atoms with E-state index in [0.29, 0.717) is 0 Å². The van der Waals surface area contributed by atoms with Crippen molar-refractivity contribution >= 4 is 63.0 Å². The Labute approximate surface area is 271 Å². The lowest BCUT2D eigenvalue weighted by Crippen LogP contribution is -1.86. The molecule has 0 amide bonds. The zero-order valence-corrected chi connectivity index (χ0v) is 27.7. The average Bonchev–Trinajstić information content (AvgIpc) is 3.59. The van der Waals surface area contributed by atoms with Crippen LogP contribution in [0.5, 0.6) is 0 Å². The van der Waals surface area contributed by atoms with Crippen molar-refractivity contribution in [1.29, 1.82) is 0 Å². The third kappa shape index (κ3) is 7.79. The summed E-state index contributed by atoms with van der Waals surface area (Å²) in [6, 6.07) is 22.2. The third-order valence-electron chi connectivity index (χ3n) is 8.62. The Bertz CT molecular complexity index is 1930. The number of pyridine rings is 1. The molecule has 3 heterocycles. The van der Waals surface area contributed by atoms with Crippen molar-refractivity contribution in [3.63, 3.8) is 0 Å². The van der Waals surface area contributed by atoms with Crippen molar-refractivity contribution in [3.8, 4) is 11.8 Å². The highest BCUT2D eigenvalue weighted by Gasteiger charge is 2.13. The van der Waals surface area contributed by atoms with E-state index in [2.05, 4.69) is 90.5 Å². The van der Waals surface area contributed by atoms with E-state index in [1.807, 2.05) is 41.1 Å². The first-order chi connectivity index (χ1) is 21.8. The van der Waals surface area contributed by atoms with Crippen molar-refractivity contribution in [3.05, 3.63) is 102 Å². The lowest BCUT2D eigenvalue weighted by molar-refractivity contribution is 0.596. The first-order valence-electron chi connectivity index (χ1n) is 16.7. The number of hydrogen-bond acceptors (Lipinski definition) is 3. The topological polar surface area (TPSA) is 12.9 Å². The SMILES string of the molecule is CCCCCC/C=C\CCCCCCCCc1ccc2c(c1)sc1c3ccc(C#Cc4ccc5cnccc5c4)cc3sc21. The molecule has 224 valence electrons. The molecule has 0 radical (unpaired) electrons. The van der Waals surface area contributed by atoms with Gasteiger partial charge in [-0.25, -0.2) is 0 Å². The highest BCUT2D eigenvalue weighted by Crippen LogP contribution is 2.44. The third-order valence-corrected chi connectivity index (χ3v) is 11.1. The number of rotatable bonds is 14. The van der Waals surface area contributed by atoms with Crippen LogP contribution >= 0.6 is 22.7 Å². The quantitative estimate of drug-likeness (QED) is 0.0676. The van der Waals surface area contributed by atoms with Gasteiger partial charge in [0, 0.05) is 49.1 Å². The fourth-order valence-corrected chi connectivity index (χ4v) is 8.82. The summed E-state index contributed by atoms with van der Waals surface area (Å²) in [5, 5.41) is 5.08. The van der Waals surface area contributed by atoms with Crippen molar-refractivity contribution in [2.24, 2.45) is 0 Å². The number of aryl methyl sites for hydroxylation is 1. The maximum atomic E-state index is 4.20. The summed E-state index contributed by atoms with van der Waals surface area (Å²) in [5.41, 5.74) is 3.59. The van der Waals surface area contributed by atoms with E-state index < -0.39 is 0 Å². The summed E-state index contributed by atoms with van der Waals surface area (Å²) in [4.78, 5) is 4.20. The van der Waals surface area contributed by atoms with Gasteiger partial charge in [0.05, 0.1) is 9.40 Å². The summed E-state index contributed by atoms with van der Waals surface area (Å²) < 4.78 is 5.60. The molecule has 0 unspecified atom stereocenters. The van der Waals surface area contributed by atoms with Crippen molar-refractivity contribution in [1.82, 2.24) is 4.98 Å². The minimum Gasteiger partial charge on any atom is -0.264 e. The molecule has 1 nitrogen and oxygen atoms in total. The predicted molar refractivity (Wildman–Crippen MR) is 196 cm³/mol. The molecule has 0 aliphatic heterocycles. The fraction of sp³-hybridized carbons (Fsp3) is 0.341. The van der Waals surface area contributed by atoms with Crippen LogP contribution in [0.2, 0.25) is 0 Å². The molecule has 3 aromatic carbocycles. The molecule has 3 heteroatoms. The molecule has 0 spiro atoms. The summed E-state index contributed by atoms with van der Waals surface area (Å²) >= 11 is 3.87. The monoisotopic (exact) mass is 613 g/mol. The number of aromatic nitrogens is 1. The van der Waals surface area contributed by atoms with E-state index in [4.69, 9.17) is 0 Å².